The number of hydrogen-bond donors (Lipinski definition) is 1. The fourth-order valence-electron chi connectivity index (χ4n) is 2.45. The Balaban J connectivity index is 2.28. The number of halogens is 3. The van der Waals surface area contributed by atoms with Crippen LogP contribution in [0, 0.1) is 23.4 Å². The van der Waals surface area contributed by atoms with E-state index in [-0.39, 0.29) is 17.5 Å². The molecule has 1 aromatic carbocycles. The van der Waals surface area contributed by atoms with Crippen molar-refractivity contribution in [3.63, 3.8) is 0 Å². The summed E-state index contributed by atoms with van der Waals surface area (Å²) in [4.78, 5) is 0. The second-order valence-corrected chi connectivity index (χ2v) is 4.53. The average Bonchev–Trinajstić information content (AvgIpc) is 2.38. The fourth-order valence-corrected chi connectivity index (χ4v) is 2.45. The summed E-state index contributed by atoms with van der Waals surface area (Å²) in [6.07, 6.45) is 1.78. The van der Waals surface area contributed by atoms with Gasteiger partial charge in [-0.15, -0.1) is 0 Å². The quantitative estimate of drug-likeness (QED) is 0.843. The summed E-state index contributed by atoms with van der Waals surface area (Å²) >= 11 is 0. The van der Waals surface area contributed by atoms with E-state index in [0.717, 1.165) is 18.9 Å². The fraction of sp³-hybridized carbons (Fsp3) is 0.538. The van der Waals surface area contributed by atoms with E-state index in [1.165, 1.54) is 0 Å². The molecule has 18 heavy (non-hydrogen) atoms. The molecule has 0 amide bonds. The monoisotopic (exact) mass is 259 g/mol. The lowest BCUT2D eigenvalue weighted by Crippen LogP contribution is -2.32. The van der Waals surface area contributed by atoms with Gasteiger partial charge in [0.1, 0.15) is 5.82 Å². The summed E-state index contributed by atoms with van der Waals surface area (Å²) < 4.78 is 45.2. The summed E-state index contributed by atoms with van der Waals surface area (Å²) in [7, 11) is 1.68. The molecule has 0 saturated carbocycles. The Kier molecular flexibility index (Phi) is 4.24. The second-order valence-electron chi connectivity index (χ2n) is 4.53. The molecule has 1 fully saturated rings. The van der Waals surface area contributed by atoms with Crippen LogP contribution in [-0.4, -0.2) is 20.3 Å². The molecule has 2 rings (SSSR count). The van der Waals surface area contributed by atoms with Crippen molar-refractivity contribution in [2.24, 2.45) is 5.92 Å². The first-order valence-electron chi connectivity index (χ1n) is 6.03. The Morgan fingerprint density at radius 3 is 2.56 bits per heavy atom. The highest BCUT2D eigenvalue weighted by molar-refractivity contribution is 5.24. The highest BCUT2D eigenvalue weighted by Gasteiger charge is 2.27. The van der Waals surface area contributed by atoms with Gasteiger partial charge in [-0.05, 0) is 26.0 Å². The van der Waals surface area contributed by atoms with E-state index in [1.807, 2.05) is 0 Å². The van der Waals surface area contributed by atoms with Crippen LogP contribution in [0.2, 0.25) is 0 Å². The maximum Gasteiger partial charge on any atom is 0.161 e. The van der Waals surface area contributed by atoms with E-state index >= 15 is 0 Å². The van der Waals surface area contributed by atoms with Crippen LogP contribution in [-0.2, 0) is 4.74 Å². The number of hydrogen-bond acceptors (Lipinski definition) is 2. The topological polar surface area (TPSA) is 21.3 Å². The third-order valence-corrected chi connectivity index (χ3v) is 3.35. The Morgan fingerprint density at radius 2 is 1.94 bits per heavy atom. The maximum atomic E-state index is 13.7. The van der Waals surface area contributed by atoms with E-state index in [9.17, 15) is 13.2 Å². The zero-order valence-corrected chi connectivity index (χ0v) is 10.2. The molecule has 100 valence electrons. The molecule has 1 saturated heterocycles. The van der Waals surface area contributed by atoms with Gasteiger partial charge in [0.15, 0.2) is 11.6 Å². The van der Waals surface area contributed by atoms with Crippen molar-refractivity contribution in [3.05, 3.63) is 35.1 Å². The molecule has 1 aliphatic rings. The van der Waals surface area contributed by atoms with Crippen LogP contribution in [0.5, 0.6) is 0 Å². The molecule has 1 aliphatic heterocycles. The van der Waals surface area contributed by atoms with Crippen molar-refractivity contribution in [2.45, 2.75) is 18.9 Å². The summed E-state index contributed by atoms with van der Waals surface area (Å²) in [5.41, 5.74) is 0.159. The number of ether oxygens (including phenoxy) is 1. The zero-order valence-electron chi connectivity index (χ0n) is 10.2. The highest BCUT2D eigenvalue weighted by Crippen LogP contribution is 2.31. The predicted molar refractivity (Wildman–Crippen MR) is 61.7 cm³/mol. The number of nitrogens with one attached hydrogen (secondary N) is 1. The van der Waals surface area contributed by atoms with Crippen molar-refractivity contribution in [1.82, 2.24) is 5.32 Å². The van der Waals surface area contributed by atoms with Crippen LogP contribution in [0.25, 0.3) is 0 Å². The van der Waals surface area contributed by atoms with Gasteiger partial charge in [0, 0.05) is 30.2 Å². The Morgan fingerprint density at radius 1 is 1.22 bits per heavy atom. The van der Waals surface area contributed by atoms with Crippen molar-refractivity contribution in [1.29, 1.82) is 0 Å². The van der Waals surface area contributed by atoms with Gasteiger partial charge in [0.2, 0.25) is 0 Å². The molecule has 1 heterocycles. The normalized spacial score (nSPS) is 21.9. The summed E-state index contributed by atoms with van der Waals surface area (Å²) in [6.45, 7) is 1.21. The van der Waals surface area contributed by atoms with Gasteiger partial charge < -0.3 is 10.1 Å². The molecule has 1 N–H and O–H groups in total. The van der Waals surface area contributed by atoms with Crippen LogP contribution in [0.1, 0.15) is 24.4 Å². The van der Waals surface area contributed by atoms with E-state index < -0.39 is 17.5 Å². The van der Waals surface area contributed by atoms with Gasteiger partial charge in [-0.1, -0.05) is 0 Å². The lowest BCUT2D eigenvalue weighted by atomic mass is 9.88. The van der Waals surface area contributed by atoms with E-state index in [0.29, 0.717) is 19.3 Å². The predicted octanol–water partition coefficient (Wildman–Crippen LogP) is 2.79. The van der Waals surface area contributed by atoms with E-state index in [1.54, 1.807) is 7.05 Å². The minimum Gasteiger partial charge on any atom is -0.381 e. The largest absolute Gasteiger partial charge is 0.381 e. The molecular formula is C13H16F3NO. The summed E-state index contributed by atoms with van der Waals surface area (Å²) in [5.74, 6) is -2.84. The lowest BCUT2D eigenvalue weighted by molar-refractivity contribution is 0.0396. The molecule has 0 aliphatic carbocycles. The smallest absolute Gasteiger partial charge is 0.161 e. The number of rotatable bonds is 3. The third kappa shape index (κ3) is 2.67. The second kappa shape index (κ2) is 5.71. The van der Waals surface area contributed by atoms with Crippen LogP contribution < -0.4 is 5.32 Å². The molecule has 2 nitrogen and oxygen atoms in total. The molecular weight excluding hydrogens is 243 g/mol. The SMILES string of the molecule is CNC(c1cc(F)c(F)cc1F)C1CCCOC1. The lowest BCUT2D eigenvalue weighted by Gasteiger charge is -2.30. The maximum absolute atomic E-state index is 13.7. The number of benzene rings is 1. The molecule has 5 heteroatoms. The molecule has 2 unspecified atom stereocenters. The van der Waals surface area contributed by atoms with Crippen molar-refractivity contribution in [2.75, 3.05) is 20.3 Å². The molecule has 0 spiro atoms. The van der Waals surface area contributed by atoms with Gasteiger partial charge in [-0.2, -0.15) is 0 Å². The Hall–Kier alpha value is -1.07. The minimum atomic E-state index is -1.16. The van der Waals surface area contributed by atoms with Crippen molar-refractivity contribution < 1.29 is 17.9 Å². The van der Waals surface area contributed by atoms with Crippen LogP contribution >= 0.6 is 0 Å². The van der Waals surface area contributed by atoms with Gasteiger partial charge in [0.25, 0.3) is 0 Å². The Bertz CT molecular complexity index is 419. The molecule has 0 bridgehead atoms. The van der Waals surface area contributed by atoms with Crippen molar-refractivity contribution >= 4 is 0 Å². The first kappa shape index (κ1) is 13.4. The summed E-state index contributed by atoms with van der Waals surface area (Å²) in [6, 6.07) is 1.17. The highest BCUT2D eigenvalue weighted by atomic mass is 19.2. The van der Waals surface area contributed by atoms with Gasteiger partial charge >= 0.3 is 0 Å². The summed E-state index contributed by atoms with van der Waals surface area (Å²) in [5, 5.41) is 2.97. The van der Waals surface area contributed by atoms with Crippen molar-refractivity contribution in [3.8, 4) is 0 Å². The van der Waals surface area contributed by atoms with Gasteiger partial charge in [-0.25, -0.2) is 13.2 Å². The van der Waals surface area contributed by atoms with Gasteiger partial charge in [-0.3, -0.25) is 0 Å². The third-order valence-electron chi connectivity index (χ3n) is 3.35. The van der Waals surface area contributed by atoms with E-state index in [4.69, 9.17) is 4.74 Å². The molecule has 1 aromatic rings. The van der Waals surface area contributed by atoms with Gasteiger partial charge in [0.05, 0.1) is 6.61 Å². The van der Waals surface area contributed by atoms with E-state index in [2.05, 4.69) is 5.32 Å². The zero-order chi connectivity index (χ0) is 13.1. The first-order chi connectivity index (χ1) is 8.63. The molecule has 0 aromatic heterocycles. The van der Waals surface area contributed by atoms with Crippen LogP contribution in [0.4, 0.5) is 13.2 Å². The minimum absolute atomic E-state index is 0.0723. The first-order valence-corrected chi connectivity index (χ1v) is 6.03. The Labute approximate surface area is 104 Å². The molecule has 0 radical (unpaired) electrons. The standard InChI is InChI=1S/C13H16F3NO/c1-17-13(8-3-2-4-18-7-8)9-5-11(15)12(16)6-10(9)14/h5-6,8,13,17H,2-4,7H2,1H3. The average molecular weight is 259 g/mol. The molecule has 2 atom stereocenters. The van der Waals surface area contributed by atoms with Crippen LogP contribution in [0.15, 0.2) is 12.1 Å². The van der Waals surface area contributed by atoms with Crippen LogP contribution in [0.3, 0.4) is 0 Å².